The Kier molecular flexibility index (Phi) is 11.2. The summed E-state index contributed by atoms with van der Waals surface area (Å²) >= 11 is 0. The third kappa shape index (κ3) is 6.38. The van der Waals surface area contributed by atoms with Gasteiger partial charge in [0.2, 0.25) is 6.29 Å². The summed E-state index contributed by atoms with van der Waals surface area (Å²) in [7, 11) is 0. The number of fused-ring (bicyclic) bond motifs is 4. The number of ether oxygens (including phenoxy) is 4. The number of rotatable bonds is 7. The van der Waals surface area contributed by atoms with Crippen molar-refractivity contribution >= 4 is 22.5 Å². The smallest absolute Gasteiger partial charge is 0.335 e. The minimum atomic E-state index is -1.82. The summed E-state index contributed by atoms with van der Waals surface area (Å²) in [5.41, 5.74) is 9.72. The number of phenols is 2. The van der Waals surface area contributed by atoms with Crippen LogP contribution in [0.3, 0.4) is 0 Å². The SMILES string of the molecule is CC(=O)c1c(C)c(O)c2cc(C(=O)O)cc(OC3OC4C(O)C5(CCCC5)CC5OC4(CC4C6=C5CC=C6C5(CCCO)COCC6CC78CC4(NNC7CC4(CCC7CCCC9CCCC9%10CCC74C%10)C8)C65)C(O)C3O)c2c1O. The molecule has 80 heavy (non-hydrogen) atoms. The fourth-order valence-corrected chi connectivity index (χ4v) is 24.4. The Morgan fingerprint density at radius 2 is 1.64 bits per heavy atom. The van der Waals surface area contributed by atoms with E-state index in [9.17, 15) is 45.3 Å². The number of carboxylic acids is 1. The summed E-state index contributed by atoms with van der Waals surface area (Å²) in [4.78, 5) is 25.7. The Bertz CT molecular complexity index is 3080. The molecular weight excluding hydrogens is 1020 g/mol. The highest BCUT2D eigenvalue weighted by molar-refractivity contribution is 6.11. The summed E-state index contributed by atoms with van der Waals surface area (Å²) in [5, 5.41) is 84.0. The number of aromatic hydroxyl groups is 2. The summed E-state index contributed by atoms with van der Waals surface area (Å²) in [6.07, 6.45) is 19.9. The number of hydrogen-bond donors (Lipinski definition) is 9. The van der Waals surface area contributed by atoms with Crippen molar-refractivity contribution in [3.05, 3.63) is 51.6 Å². The number of aliphatic hydroxyl groups is 4. The minimum Gasteiger partial charge on any atom is -0.507 e. The van der Waals surface area contributed by atoms with Gasteiger partial charge in [-0.1, -0.05) is 31.8 Å². The number of hydrogen-bond acceptors (Lipinski definition) is 14. The largest absolute Gasteiger partial charge is 0.507 e. The first-order valence-electron chi connectivity index (χ1n) is 31.4. The van der Waals surface area contributed by atoms with Crippen molar-refractivity contribution in [1.29, 1.82) is 0 Å². The Hall–Kier alpha value is -3.64. The van der Waals surface area contributed by atoms with Gasteiger partial charge in [0.25, 0.3) is 0 Å². The van der Waals surface area contributed by atoms with Crippen LogP contribution < -0.4 is 15.6 Å². The highest BCUT2D eigenvalue weighted by Crippen LogP contribution is 2.82. The van der Waals surface area contributed by atoms with E-state index < -0.39 is 82.0 Å². The van der Waals surface area contributed by atoms with E-state index in [4.69, 9.17) is 18.9 Å². The molecule has 9 N–H and O–H groups in total. The Labute approximate surface area is 468 Å². The number of hydrazine groups is 1. The molecule has 14 aliphatic rings. The first kappa shape index (κ1) is 52.0. The number of benzene rings is 2. The quantitative estimate of drug-likeness (QED) is 0.0931. The molecule has 432 valence electrons. The summed E-state index contributed by atoms with van der Waals surface area (Å²) in [5.74, 6) is -1.39. The van der Waals surface area contributed by atoms with Crippen molar-refractivity contribution in [2.75, 3.05) is 19.8 Å². The fourth-order valence-electron chi connectivity index (χ4n) is 24.4. The number of aliphatic hydroxyl groups excluding tert-OH is 4. The topological polar surface area (TPSA) is 237 Å². The van der Waals surface area contributed by atoms with E-state index in [-0.39, 0.29) is 80.9 Å². The van der Waals surface area contributed by atoms with Crippen molar-refractivity contribution in [1.82, 2.24) is 10.9 Å². The van der Waals surface area contributed by atoms with E-state index in [1.165, 1.54) is 120 Å². The lowest BCUT2D eigenvalue weighted by Crippen LogP contribution is -2.81. The standard InChI is InChI=1S/C65H84N2O13/c1-33-46(34(2)69)50(71)48-40(49(33)70)22-35(56(75)76)23-43(48)78-57-51(72)53(73)65-25-42-47-39(44(80-65)26-58(14-3-4-15-58)54(74)55(65)79-57)11-12-41(47)62(17-7-21-68)32-77-28-36-24-60-29-61(27-45(60)66-67-64(42,31-60)52(36)62)18-13-38-9-5-8-37-10-6-16-59(37)19-20-63(38,61)30-59/h12,22-23,36-38,42,44-45,51-55,57,66-68,70-74H,3-11,13-21,24-32H2,1-2H3,(H,75,76). The number of carbonyl (C=O) groups excluding carboxylic acids is 1. The molecule has 9 aliphatic carbocycles. The van der Waals surface area contributed by atoms with Gasteiger partial charge in [0.15, 0.2) is 5.78 Å². The lowest BCUT2D eigenvalue weighted by atomic mass is 9.38. The van der Waals surface area contributed by atoms with Crippen LogP contribution in [0.2, 0.25) is 0 Å². The summed E-state index contributed by atoms with van der Waals surface area (Å²) in [6, 6.07) is 2.64. The van der Waals surface area contributed by atoms with Crippen LogP contribution in [0.4, 0.5) is 0 Å². The predicted octanol–water partition coefficient (Wildman–Crippen LogP) is 8.74. The zero-order chi connectivity index (χ0) is 54.9. The molecule has 19 unspecified atom stereocenters. The second kappa shape index (κ2) is 17.3. The first-order valence-corrected chi connectivity index (χ1v) is 31.4. The van der Waals surface area contributed by atoms with Gasteiger partial charge in [0.1, 0.15) is 41.2 Å². The molecule has 2 aromatic carbocycles. The van der Waals surface area contributed by atoms with Crippen LogP contribution in [-0.4, -0.2) is 121 Å². The van der Waals surface area contributed by atoms with Crippen molar-refractivity contribution in [2.45, 2.75) is 222 Å². The molecule has 5 heterocycles. The van der Waals surface area contributed by atoms with Gasteiger partial charge in [-0.15, -0.1) is 0 Å². The van der Waals surface area contributed by atoms with Gasteiger partial charge in [-0.3, -0.25) is 15.6 Å². The van der Waals surface area contributed by atoms with E-state index in [1.807, 2.05) is 0 Å². The maximum Gasteiger partial charge on any atom is 0.335 e. The molecule has 2 aromatic rings. The van der Waals surface area contributed by atoms with Crippen molar-refractivity contribution < 1.29 is 64.3 Å². The second-order valence-corrected chi connectivity index (χ2v) is 29.7. The molecule has 15 heteroatoms. The number of Topliss-reactive ketones (excluding diaryl/α,β-unsaturated/α-hetero) is 1. The summed E-state index contributed by atoms with van der Waals surface area (Å²) < 4.78 is 28.5. The predicted molar refractivity (Wildman–Crippen MR) is 293 cm³/mol. The molecular formula is C65H84N2O13. The maximum absolute atomic E-state index is 13.5. The van der Waals surface area contributed by atoms with Gasteiger partial charge in [0.05, 0.1) is 35.3 Å². The number of nitrogens with one attached hydrogen (secondary N) is 2. The van der Waals surface area contributed by atoms with Crippen LogP contribution in [0.25, 0.3) is 10.8 Å². The van der Waals surface area contributed by atoms with Crippen LogP contribution in [0.15, 0.2) is 34.9 Å². The number of aromatic carboxylic acids is 1. The van der Waals surface area contributed by atoms with Gasteiger partial charge in [-0.2, -0.15) is 0 Å². The van der Waals surface area contributed by atoms with Gasteiger partial charge in [-0.05, 0) is 216 Å². The molecule has 12 fully saturated rings. The minimum absolute atomic E-state index is 0.0367. The Morgan fingerprint density at radius 3 is 2.44 bits per heavy atom. The molecule has 0 radical (unpaired) electrons. The van der Waals surface area contributed by atoms with E-state index in [1.54, 1.807) is 0 Å². The molecule has 7 spiro atoms. The molecule has 15 nitrogen and oxygen atoms in total. The first-order chi connectivity index (χ1) is 38.4. The normalized spacial score (nSPS) is 47.8. The van der Waals surface area contributed by atoms with Gasteiger partial charge >= 0.3 is 5.97 Å². The van der Waals surface area contributed by atoms with E-state index in [2.05, 4.69) is 16.9 Å². The second-order valence-electron chi connectivity index (χ2n) is 29.7. The Balaban J connectivity index is 0.836. The van der Waals surface area contributed by atoms with Crippen LogP contribution >= 0.6 is 0 Å². The van der Waals surface area contributed by atoms with E-state index in [0.29, 0.717) is 56.1 Å². The number of carbonyl (C=O) groups is 2. The molecule has 0 aromatic heterocycles. The van der Waals surface area contributed by atoms with Crippen LogP contribution in [-0.2, 0) is 14.2 Å². The third-order valence-electron chi connectivity index (χ3n) is 27.0. The van der Waals surface area contributed by atoms with Crippen LogP contribution in [0.1, 0.15) is 187 Å². The maximum atomic E-state index is 13.5. The van der Waals surface area contributed by atoms with Crippen LogP contribution in [0.5, 0.6) is 17.2 Å². The molecule has 19 atom stereocenters. The Morgan fingerprint density at radius 1 is 0.838 bits per heavy atom. The molecule has 5 aliphatic heterocycles. The van der Waals surface area contributed by atoms with Crippen molar-refractivity contribution in [3.63, 3.8) is 0 Å². The number of carboxylic acid groups (broad SMARTS) is 1. The molecule has 0 amide bonds. The summed E-state index contributed by atoms with van der Waals surface area (Å²) in [6.45, 7) is 4.03. The third-order valence-corrected chi connectivity index (χ3v) is 27.0. The zero-order valence-corrected chi connectivity index (χ0v) is 46.8. The van der Waals surface area contributed by atoms with Crippen molar-refractivity contribution in [2.24, 2.45) is 62.1 Å². The molecule has 6 bridgehead atoms. The van der Waals surface area contributed by atoms with Crippen molar-refractivity contribution in [3.8, 4) is 17.2 Å². The fraction of sp³-hybridized carbons (Fsp3) is 0.754. The molecule has 16 rings (SSSR count). The number of allylic oxidation sites excluding steroid dienone is 1. The number of phenolic OH excluding ortho intramolecular Hbond substituents is 2. The lowest BCUT2D eigenvalue weighted by Gasteiger charge is -2.72. The monoisotopic (exact) mass is 1100 g/mol. The number of ketones is 1. The van der Waals surface area contributed by atoms with Gasteiger partial charge in [0, 0.05) is 52.5 Å². The molecule has 8 saturated carbocycles. The average Bonchev–Trinajstić information content (AvgIpc) is 1.66. The van der Waals surface area contributed by atoms with E-state index >= 15 is 0 Å². The highest BCUT2D eigenvalue weighted by atomic mass is 16.7. The highest BCUT2D eigenvalue weighted by Gasteiger charge is 2.79. The van der Waals surface area contributed by atoms with Crippen LogP contribution in [0, 0.1) is 69.0 Å². The zero-order valence-electron chi connectivity index (χ0n) is 46.8. The van der Waals surface area contributed by atoms with Gasteiger partial charge < -0.3 is 54.7 Å². The average molecular weight is 1100 g/mol. The van der Waals surface area contributed by atoms with E-state index in [0.717, 1.165) is 50.0 Å². The van der Waals surface area contributed by atoms with Gasteiger partial charge in [-0.25, -0.2) is 4.79 Å². The molecule has 4 saturated heterocycles. The lowest BCUT2D eigenvalue weighted by molar-refractivity contribution is -0.340.